The number of aryl methyl sites for hydroxylation is 1. The van der Waals surface area contributed by atoms with Crippen LogP contribution in [0.5, 0.6) is 0 Å². The number of piperidine rings is 1. The summed E-state index contributed by atoms with van der Waals surface area (Å²) in [6, 6.07) is 9.90. The van der Waals surface area contributed by atoms with Gasteiger partial charge in [-0.15, -0.1) is 0 Å². The van der Waals surface area contributed by atoms with Crippen LogP contribution in [0.2, 0.25) is 0 Å². The molecule has 1 aliphatic rings. The Morgan fingerprint density at radius 2 is 1.87 bits per heavy atom. The maximum atomic E-state index is 13.0. The average Bonchev–Trinajstić information content (AvgIpc) is 2.56. The molecule has 23 heavy (non-hydrogen) atoms. The van der Waals surface area contributed by atoms with Crippen molar-refractivity contribution in [1.82, 2.24) is 9.29 Å². The molecule has 0 bridgehead atoms. The van der Waals surface area contributed by atoms with Crippen LogP contribution in [0.1, 0.15) is 36.4 Å². The monoisotopic (exact) mass is 332 g/mol. The Balaban J connectivity index is 2.03. The normalized spacial score (nSPS) is 19.6. The van der Waals surface area contributed by atoms with Crippen LogP contribution in [0.4, 0.5) is 0 Å². The third kappa shape index (κ3) is 3.09. The van der Waals surface area contributed by atoms with E-state index in [-0.39, 0.29) is 10.5 Å². The van der Waals surface area contributed by atoms with Crippen molar-refractivity contribution in [2.24, 2.45) is 0 Å². The summed E-state index contributed by atoms with van der Waals surface area (Å²) >= 11 is 0. The molecule has 1 fully saturated rings. The molecule has 1 atom stereocenters. The Labute approximate surface area is 136 Å². The molecule has 5 nitrogen and oxygen atoms in total. The number of benzene rings is 1. The lowest BCUT2D eigenvalue weighted by atomic mass is 9.99. The Kier molecular flexibility index (Phi) is 4.37. The van der Waals surface area contributed by atoms with Crippen LogP contribution in [-0.2, 0) is 10.0 Å². The van der Waals surface area contributed by atoms with Crippen LogP contribution in [-0.4, -0.2) is 24.3 Å². The van der Waals surface area contributed by atoms with E-state index in [4.69, 9.17) is 0 Å². The molecule has 0 saturated carbocycles. The van der Waals surface area contributed by atoms with E-state index in [1.165, 1.54) is 4.31 Å². The van der Waals surface area contributed by atoms with Crippen LogP contribution >= 0.6 is 0 Å². The molecule has 6 heteroatoms. The Morgan fingerprint density at radius 1 is 1.13 bits per heavy atom. The predicted molar refractivity (Wildman–Crippen MR) is 88.7 cm³/mol. The third-order valence-electron chi connectivity index (χ3n) is 4.29. The van der Waals surface area contributed by atoms with Crippen LogP contribution < -0.4 is 5.56 Å². The average molecular weight is 332 g/mol. The van der Waals surface area contributed by atoms with Gasteiger partial charge in [-0.1, -0.05) is 30.2 Å². The van der Waals surface area contributed by atoms with Gasteiger partial charge in [0.05, 0.1) is 10.9 Å². The summed E-state index contributed by atoms with van der Waals surface area (Å²) in [5, 5.41) is 0. The Morgan fingerprint density at radius 3 is 2.57 bits per heavy atom. The fraction of sp³-hybridized carbons (Fsp3) is 0.353. The smallest absolute Gasteiger partial charge is 0.252 e. The molecule has 1 saturated heterocycles. The van der Waals surface area contributed by atoms with E-state index in [0.29, 0.717) is 18.5 Å². The van der Waals surface area contributed by atoms with Gasteiger partial charge in [0, 0.05) is 18.3 Å². The number of hydrogen-bond acceptors (Lipinski definition) is 3. The van der Waals surface area contributed by atoms with Gasteiger partial charge in [0.15, 0.2) is 0 Å². The molecule has 1 aromatic carbocycles. The SMILES string of the molecule is Cc1ccc(S(=O)(=O)N2CCCCC2c2ccc[nH]c2=O)cc1. The zero-order valence-electron chi connectivity index (χ0n) is 13.0. The van der Waals surface area contributed by atoms with E-state index in [1.54, 1.807) is 42.6 Å². The number of hydrogen-bond donors (Lipinski definition) is 1. The molecule has 2 aromatic rings. The van der Waals surface area contributed by atoms with Crippen LogP contribution in [0.15, 0.2) is 52.3 Å². The van der Waals surface area contributed by atoms with Crippen LogP contribution in [0.3, 0.4) is 0 Å². The molecule has 122 valence electrons. The lowest BCUT2D eigenvalue weighted by molar-refractivity contribution is 0.254. The lowest BCUT2D eigenvalue weighted by Crippen LogP contribution is -2.40. The Bertz CT molecular complexity index is 841. The second-order valence-electron chi connectivity index (χ2n) is 5.89. The van der Waals surface area contributed by atoms with Gasteiger partial charge in [0.2, 0.25) is 10.0 Å². The maximum Gasteiger partial charge on any atom is 0.252 e. The predicted octanol–water partition coefficient (Wildman–Crippen LogP) is 2.60. The topological polar surface area (TPSA) is 70.2 Å². The summed E-state index contributed by atoms with van der Waals surface area (Å²) in [5.74, 6) is 0. The maximum absolute atomic E-state index is 13.0. The zero-order chi connectivity index (χ0) is 16.4. The molecule has 0 spiro atoms. The quantitative estimate of drug-likeness (QED) is 0.939. The molecule has 0 radical (unpaired) electrons. The summed E-state index contributed by atoms with van der Waals surface area (Å²) in [6.45, 7) is 2.36. The largest absolute Gasteiger partial charge is 0.329 e. The minimum atomic E-state index is -3.61. The van der Waals surface area contributed by atoms with Gasteiger partial charge in [-0.3, -0.25) is 4.79 Å². The summed E-state index contributed by atoms with van der Waals surface area (Å²) in [7, 11) is -3.61. The summed E-state index contributed by atoms with van der Waals surface area (Å²) in [4.78, 5) is 15.0. The van der Waals surface area contributed by atoms with Crippen molar-refractivity contribution >= 4 is 10.0 Å². The highest BCUT2D eigenvalue weighted by Gasteiger charge is 2.35. The van der Waals surface area contributed by atoms with Crippen molar-refractivity contribution in [3.63, 3.8) is 0 Å². The lowest BCUT2D eigenvalue weighted by Gasteiger charge is -2.34. The molecule has 1 aromatic heterocycles. The first-order valence-corrected chi connectivity index (χ1v) is 9.20. The van der Waals surface area contributed by atoms with E-state index in [9.17, 15) is 13.2 Å². The fourth-order valence-corrected chi connectivity index (χ4v) is 4.72. The van der Waals surface area contributed by atoms with Gasteiger partial charge in [0.25, 0.3) is 5.56 Å². The molecular formula is C17H20N2O3S. The summed E-state index contributed by atoms with van der Waals surface area (Å²) < 4.78 is 27.5. The van der Waals surface area contributed by atoms with Crippen molar-refractivity contribution in [3.05, 3.63) is 64.1 Å². The van der Waals surface area contributed by atoms with Gasteiger partial charge in [-0.2, -0.15) is 4.31 Å². The van der Waals surface area contributed by atoms with E-state index in [2.05, 4.69) is 4.98 Å². The minimum absolute atomic E-state index is 0.219. The number of pyridine rings is 1. The summed E-state index contributed by atoms with van der Waals surface area (Å²) in [6.07, 6.45) is 3.96. The molecular weight excluding hydrogens is 312 g/mol. The molecule has 1 N–H and O–H groups in total. The number of nitrogens with zero attached hydrogens (tertiary/aromatic N) is 1. The fourth-order valence-electron chi connectivity index (χ4n) is 3.05. The molecule has 0 aliphatic carbocycles. The molecule has 3 rings (SSSR count). The van der Waals surface area contributed by atoms with Gasteiger partial charge >= 0.3 is 0 Å². The Hall–Kier alpha value is -1.92. The van der Waals surface area contributed by atoms with E-state index < -0.39 is 16.1 Å². The highest BCUT2D eigenvalue weighted by molar-refractivity contribution is 7.89. The first kappa shape index (κ1) is 16.0. The first-order valence-electron chi connectivity index (χ1n) is 7.76. The highest BCUT2D eigenvalue weighted by atomic mass is 32.2. The number of aromatic nitrogens is 1. The van der Waals surface area contributed by atoms with Crippen molar-refractivity contribution in [2.75, 3.05) is 6.54 Å². The van der Waals surface area contributed by atoms with Gasteiger partial charge in [0.1, 0.15) is 0 Å². The summed E-state index contributed by atoms with van der Waals surface area (Å²) in [5.41, 5.74) is 1.31. The van der Waals surface area contributed by atoms with Crippen molar-refractivity contribution < 1.29 is 8.42 Å². The number of rotatable bonds is 3. The van der Waals surface area contributed by atoms with E-state index in [0.717, 1.165) is 18.4 Å². The number of nitrogens with one attached hydrogen (secondary N) is 1. The second-order valence-corrected chi connectivity index (χ2v) is 7.79. The first-order chi connectivity index (χ1) is 11.0. The van der Waals surface area contributed by atoms with Crippen molar-refractivity contribution in [2.45, 2.75) is 37.1 Å². The standard InChI is InChI=1S/C17H20N2O3S/c1-13-7-9-14(10-8-13)23(21,22)19-12-3-2-6-16(19)15-5-4-11-18-17(15)20/h4-5,7-11,16H,2-3,6,12H2,1H3,(H,18,20). The third-order valence-corrected chi connectivity index (χ3v) is 6.21. The van der Waals surface area contributed by atoms with Crippen LogP contribution in [0, 0.1) is 6.92 Å². The van der Waals surface area contributed by atoms with E-state index in [1.807, 2.05) is 6.92 Å². The van der Waals surface area contributed by atoms with Gasteiger partial charge in [-0.05, 0) is 38.0 Å². The van der Waals surface area contributed by atoms with Crippen molar-refractivity contribution in [3.8, 4) is 0 Å². The zero-order valence-corrected chi connectivity index (χ0v) is 13.8. The molecule has 1 aliphatic heterocycles. The minimum Gasteiger partial charge on any atom is -0.329 e. The van der Waals surface area contributed by atoms with Gasteiger partial charge < -0.3 is 4.98 Å². The number of aromatic amines is 1. The highest BCUT2D eigenvalue weighted by Crippen LogP contribution is 2.34. The number of H-pyrrole nitrogens is 1. The molecule has 1 unspecified atom stereocenters. The second kappa shape index (κ2) is 6.29. The van der Waals surface area contributed by atoms with Crippen molar-refractivity contribution in [1.29, 1.82) is 0 Å². The number of sulfonamides is 1. The molecule has 0 amide bonds. The van der Waals surface area contributed by atoms with Gasteiger partial charge in [-0.25, -0.2) is 8.42 Å². The van der Waals surface area contributed by atoms with Crippen LogP contribution in [0.25, 0.3) is 0 Å². The molecule has 2 heterocycles. The van der Waals surface area contributed by atoms with E-state index >= 15 is 0 Å².